The molecule has 0 saturated heterocycles. The van der Waals surface area contributed by atoms with Crippen molar-refractivity contribution in [2.75, 3.05) is 0 Å². The standard InChI is InChI=1S/C12H22O3/c1-7-11(3,4)9(13)15-10(14)12(5,6)8-2/h7-8H2,1-6H3. The molecule has 0 amide bonds. The first-order valence-corrected chi connectivity index (χ1v) is 5.44. The SMILES string of the molecule is CCC(C)(C)C(=O)OC(=O)C(C)(C)CC. The maximum absolute atomic E-state index is 11.6. The smallest absolute Gasteiger partial charge is 0.319 e. The molecule has 0 aliphatic rings. The number of hydrogen-bond acceptors (Lipinski definition) is 3. The second-order valence-corrected chi connectivity index (χ2v) is 5.15. The predicted octanol–water partition coefficient (Wildman–Crippen LogP) is 2.93. The van der Waals surface area contributed by atoms with Crippen molar-refractivity contribution in [3.63, 3.8) is 0 Å². The molecule has 0 N–H and O–H groups in total. The van der Waals surface area contributed by atoms with Gasteiger partial charge in [0.25, 0.3) is 0 Å². The molecular weight excluding hydrogens is 192 g/mol. The fraction of sp³-hybridized carbons (Fsp3) is 0.833. The lowest BCUT2D eigenvalue weighted by molar-refractivity contribution is -0.172. The Kier molecular flexibility index (Phi) is 4.50. The Balaban J connectivity index is 4.51. The Morgan fingerprint density at radius 1 is 0.867 bits per heavy atom. The summed E-state index contributed by atoms with van der Waals surface area (Å²) in [6.45, 7) is 10.9. The van der Waals surface area contributed by atoms with Crippen molar-refractivity contribution in [3.8, 4) is 0 Å². The topological polar surface area (TPSA) is 43.4 Å². The fourth-order valence-electron chi connectivity index (χ4n) is 0.649. The molecule has 0 spiro atoms. The summed E-state index contributed by atoms with van der Waals surface area (Å²) in [5, 5.41) is 0. The summed E-state index contributed by atoms with van der Waals surface area (Å²) in [6, 6.07) is 0. The van der Waals surface area contributed by atoms with Crippen LogP contribution in [0.1, 0.15) is 54.4 Å². The third-order valence-electron chi connectivity index (χ3n) is 3.06. The number of ether oxygens (including phenoxy) is 1. The molecule has 0 unspecified atom stereocenters. The van der Waals surface area contributed by atoms with Crippen molar-refractivity contribution in [2.45, 2.75) is 54.4 Å². The van der Waals surface area contributed by atoms with E-state index in [2.05, 4.69) is 0 Å². The average molecular weight is 214 g/mol. The molecule has 0 heterocycles. The number of carbonyl (C=O) groups excluding carboxylic acids is 2. The first kappa shape index (κ1) is 14.1. The summed E-state index contributed by atoms with van der Waals surface area (Å²) in [4.78, 5) is 23.3. The van der Waals surface area contributed by atoms with Gasteiger partial charge in [0.05, 0.1) is 10.8 Å². The molecular formula is C12H22O3. The third-order valence-corrected chi connectivity index (χ3v) is 3.06. The molecule has 0 saturated carbocycles. The Morgan fingerprint density at radius 3 is 1.33 bits per heavy atom. The van der Waals surface area contributed by atoms with Gasteiger partial charge in [-0.25, -0.2) is 0 Å². The van der Waals surface area contributed by atoms with Gasteiger partial charge in [-0.3, -0.25) is 9.59 Å². The maximum Gasteiger partial charge on any atom is 0.319 e. The number of rotatable bonds is 4. The van der Waals surface area contributed by atoms with E-state index >= 15 is 0 Å². The van der Waals surface area contributed by atoms with Crippen LogP contribution < -0.4 is 0 Å². The van der Waals surface area contributed by atoms with Crippen LogP contribution in [0.2, 0.25) is 0 Å². The zero-order chi connectivity index (χ0) is 12.3. The molecule has 15 heavy (non-hydrogen) atoms. The van der Waals surface area contributed by atoms with Gasteiger partial charge in [0.2, 0.25) is 0 Å². The van der Waals surface area contributed by atoms with E-state index in [0.29, 0.717) is 12.8 Å². The molecule has 3 nitrogen and oxygen atoms in total. The molecule has 0 aromatic rings. The summed E-state index contributed by atoms with van der Waals surface area (Å²) in [7, 11) is 0. The molecule has 0 fully saturated rings. The number of carbonyl (C=O) groups is 2. The van der Waals surface area contributed by atoms with Crippen LogP contribution in [0.25, 0.3) is 0 Å². The van der Waals surface area contributed by atoms with Gasteiger partial charge < -0.3 is 4.74 Å². The summed E-state index contributed by atoms with van der Waals surface area (Å²) < 4.78 is 4.88. The van der Waals surface area contributed by atoms with Crippen LogP contribution in [-0.2, 0) is 14.3 Å². The van der Waals surface area contributed by atoms with Gasteiger partial charge in [-0.2, -0.15) is 0 Å². The van der Waals surface area contributed by atoms with E-state index in [1.807, 2.05) is 13.8 Å². The first-order valence-electron chi connectivity index (χ1n) is 5.44. The van der Waals surface area contributed by atoms with Gasteiger partial charge in [-0.15, -0.1) is 0 Å². The zero-order valence-electron chi connectivity index (χ0n) is 10.6. The molecule has 3 heteroatoms. The number of esters is 2. The summed E-state index contributed by atoms with van der Waals surface area (Å²) in [5.41, 5.74) is -1.17. The van der Waals surface area contributed by atoms with Crippen molar-refractivity contribution in [3.05, 3.63) is 0 Å². The van der Waals surface area contributed by atoms with E-state index in [9.17, 15) is 9.59 Å². The molecule has 0 aromatic carbocycles. The zero-order valence-corrected chi connectivity index (χ0v) is 10.6. The molecule has 0 rings (SSSR count). The van der Waals surface area contributed by atoms with Crippen LogP contribution in [0, 0.1) is 10.8 Å². The maximum atomic E-state index is 11.6. The Bertz CT molecular complexity index is 226. The van der Waals surface area contributed by atoms with E-state index in [-0.39, 0.29) is 0 Å². The molecule has 0 bridgehead atoms. The average Bonchev–Trinajstić information content (AvgIpc) is 2.17. The van der Waals surface area contributed by atoms with Gasteiger partial charge in [0.1, 0.15) is 0 Å². The molecule has 0 aromatic heterocycles. The van der Waals surface area contributed by atoms with Crippen LogP contribution >= 0.6 is 0 Å². The lowest BCUT2D eigenvalue weighted by Crippen LogP contribution is -2.34. The van der Waals surface area contributed by atoms with Crippen molar-refractivity contribution in [1.82, 2.24) is 0 Å². The Morgan fingerprint density at radius 2 is 1.13 bits per heavy atom. The van der Waals surface area contributed by atoms with Gasteiger partial charge in [-0.1, -0.05) is 13.8 Å². The van der Waals surface area contributed by atoms with Crippen molar-refractivity contribution in [2.24, 2.45) is 10.8 Å². The summed E-state index contributed by atoms with van der Waals surface area (Å²) in [5.74, 6) is -0.868. The monoisotopic (exact) mass is 214 g/mol. The van der Waals surface area contributed by atoms with E-state index in [1.54, 1.807) is 27.7 Å². The molecule has 0 aliphatic carbocycles. The fourth-order valence-corrected chi connectivity index (χ4v) is 0.649. The Labute approximate surface area is 92.2 Å². The Hall–Kier alpha value is -0.860. The van der Waals surface area contributed by atoms with Crippen molar-refractivity contribution < 1.29 is 14.3 Å². The van der Waals surface area contributed by atoms with E-state index < -0.39 is 22.8 Å². The van der Waals surface area contributed by atoms with Gasteiger partial charge in [0.15, 0.2) is 0 Å². The largest absolute Gasteiger partial charge is 0.392 e. The highest BCUT2D eigenvalue weighted by Crippen LogP contribution is 2.26. The minimum atomic E-state index is -0.584. The first-order chi connectivity index (χ1) is 6.67. The van der Waals surface area contributed by atoms with Crippen LogP contribution in [0.5, 0.6) is 0 Å². The minimum Gasteiger partial charge on any atom is -0.392 e. The highest BCUT2D eigenvalue weighted by Gasteiger charge is 2.34. The molecule has 0 atom stereocenters. The van der Waals surface area contributed by atoms with Crippen LogP contribution in [0.15, 0.2) is 0 Å². The molecule has 0 radical (unpaired) electrons. The van der Waals surface area contributed by atoms with Crippen LogP contribution in [0.4, 0.5) is 0 Å². The second kappa shape index (κ2) is 4.77. The highest BCUT2D eigenvalue weighted by atomic mass is 16.6. The van der Waals surface area contributed by atoms with Crippen molar-refractivity contribution in [1.29, 1.82) is 0 Å². The predicted molar refractivity (Wildman–Crippen MR) is 59.2 cm³/mol. The van der Waals surface area contributed by atoms with E-state index in [4.69, 9.17) is 4.74 Å². The lowest BCUT2D eigenvalue weighted by Gasteiger charge is -2.24. The van der Waals surface area contributed by atoms with E-state index in [1.165, 1.54) is 0 Å². The van der Waals surface area contributed by atoms with Crippen LogP contribution in [-0.4, -0.2) is 11.9 Å². The highest BCUT2D eigenvalue weighted by molar-refractivity contribution is 5.90. The molecule has 88 valence electrons. The summed E-state index contributed by atoms with van der Waals surface area (Å²) >= 11 is 0. The third kappa shape index (κ3) is 3.65. The van der Waals surface area contributed by atoms with Crippen LogP contribution in [0.3, 0.4) is 0 Å². The quantitative estimate of drug-likeness (QED) is 0.534. The van der Waals surface area contributed by atoms with Gasteiger partial charge >= 0.3 is 11.9 Å². The van der Waals surface area contributed by atoms with Gasteiger partial charge in [-0.05, 0) is 40.5 Å². The number of hydrogen-bond donors (Lipinski definition) is 0. The van der Waals surface area contributed by atoms with Gasteiger partial charge in [0, 0.05) is 0 Å². The van der Waals surface area contributed by atoms with Crippen molar-refractivity contribution >= 4 is 11.9 Å². The minimum absolute atomic E-state index is 0.434. The van der Waals surface area contributed by atoms with E-state index in [0.717, 1.165) is 0 Å². The normalized spacial score (nSPS) is 12.4. The lowest BCUT2D eigenvalue weighted by atomic mass is 9.89. The second-order valence-electron chi connectivity index (χ2n) is 5.15. The summed E-state index contributed by atoms with van der Waals surface area (Å²) in [6.07, 6.45) is 1.32. The molecule has 0 aliphatic heterocycles.